The predicted molar refractivity (Wildman–Crippen MR) is 80.4 cm³/mol. The molecule has 4 nitrogen and oxygen atoms in total. The van der Waals surface area contributed by atoms with Crippen LogP contribution in [0.1, 0.15) is 5.56 Å². The Kier molecular flexibility index (Phi) is 3.58. The molecule has 0 aliphatic heterocycles. The van der Waals surface area contributed by atoms with Crippen molar-refractivity contribution in [2.75, 3.05) is 5.73 Å². The number of para-hydroxylation sites is 1. The standard InChI is InChI=1S/C15H12ClFN4/c16-15-19-14(12-3-1-2-4-13(12)18)21(20-15)9-10-5-7-11(17)8-6-10/h1-8H,9,18H2. The third-order valence-corrected chi connectivity index (χ3v) is 3.25. The third-order valence-electron chi connectivity index (χ3n) is 3.09. The lowest BCUT2D eigenvalue weighted by Gasteiger charge is -2.08. The third kappa shape index (κ3) is 2.87. The second kappa shape index (κ2) is 5.54. The molecule has 0 aliphatic carbocycles. The van der Waals surface area contributed by atoms with E-state index in [0.29, 0.717) is 18.1 Å². The summed E-state index contributed by atoms with van der Waals surface area (Å²) in [6, 6.07) is 13.6. The predicted octanol–water partition coefficient (Wildman–Crippen LogP) is 3.37. The van der Waals surface area contributed by atoms with E-state index in [0.717, 1.165) is 11.1 Å². The molecule has 0 fully saturated rings. The Morgan fingerprint density at radius 1 is 1.10 bits per heavy atom. The molecular formula is C15H12ClFN4. The molecule has 0 bridgehead atoms. The van der Waals surface area contributed by atoms with Gasteiger partial charge < -0.3 is 5.73 Å². The smallest absolute Gasteiger partial charge is 0.242 e. The Hall–Kier alpha value is -2.40. The number of aromatic nitrogens is 3. The van der Waals surface area contributed by atoms with Gasteiger partial charge in [-0.15, -0.1) is 5.10 Å². The van der Waals surface area contributed by atoms with E-state index in [-0.39, 0.29) is 11.1 Å². The molecule has 2 N–H and O–H groups in total. The molecule has 0 amide bonds. The van der Waals surface area contributed by atoms with Crippen molar-refractivity contribution in [2.24, 2.45) is 0 Å². The van der Waals surface area contributed by atoms with E-state index in [1.165, 1.54) is 12.1 Å². The molecule has 2 aromatic carbocycles. The average molecular weight is 303 g/mol. The quantitative estimate of drug-likeness (QED) is 0.755. The van der Waals surface area contributed by atoms with Gasteiger partial charge in [-0.3, -0.25) is 0 Å². The highest BCUT2D eigenvalue weighted by Crippen LogP contribution is 2.25. The average Bonchev–Trinajstić information content (AvgIpc) is 2.82. The van der Waals surface area contributed by atoms with Crippen molar-refractivity contribution in [1.82, 2.24) is 14.8 Å². The molecule has 0 spiro atoms. The maximum atomic E-state index is 13.0. The van der Waals surface area contributed by atoms with Gasteiger partial charge in [-0.05, 0) is 41.4 Å². The Bertz CT molecular complexity index is 768. The Morgan fingerprint density at radius 3 is 2.52 bits per heavy atom. The van der Waals surface area contributed by atoms with Gasteiger partial charge in [-0.2, -0.15) is 4.98 Å². The van der Waals surface area contributed by atoms with Crippen LogP contribution in [0.2, 0.25) is 5.28 Å². The van der Waals surface area contributed by atoms with Crippen molar-refractivity contribution < 1.29 is 4.39 Å². The highest BCUT2D eigenvalue weighted by atomic mass is 35.5. The topological polar surface area (TPSA) is 56.7 Å². The maximum Gasteiger partial charge on any atom is 0.242 e. The van der Waals surface area contributed by atoms with Crippen LogP contribution in [0.5, 0.6) is 0 Å². The summed E-state index contributed by atoms with van der Waals surface area (Å²) in [5, 5.41) is 4.32. The number of nitrogens with two attached hydrogens (primary N) is 1. The second-order valence-corrected chi connectivity index (χ2v) is 4.91. The van der Waals surface area contributed by atoms with E-state index in [1.54, 1.807) is 22.9 Å². The van der Waals surface area contributed by atoms with E-state index >= 15 is 0 Å². The number of nitrogens with zero attached hydrogens (tertiary/aromatic N) is 3. The first-order valence-corrected chi connectivity index (χ1v) is 6.71. The number of nitrogen functional groups attached to an aromatic ring is 1. The molecular weight excluding hydrogens is 291 g/mol. The highest BCUT2D eigenvalue weighted by Gasteiger charge is 2.13. The van der Waals surface area contributed by atoms with Crippen LogP contribution in [0.25, 0.3) is 11.4 Å². The fraction of sp³-hybridized carbons (Fsp3) is 0.0667. The number of anilines is 1. The van der Waals surface area contributed by atoms with Crippen LogP contribution in [0, 0.1) is 5.82 Å². The summed E-state index contributed by atoms with van der Waals surface area (Å²) >= 11 is 5.92. The van der Waals surface area contributed by atoms with Gasteiger partial charge in [0.1, 0.15) is 5.82 Å². The molecule has 21 heavy (non-hydrogen) atoms. The van der Waals surface area contributed by atoms with Gasteiger partial charge in [-0.1, -0.05) is 24.3 Å². The molecule has 0 aliphatic rings. The Labute approximate surface area is 126 Å². The molecule has 106 valence electrons. The van der Waals surface area contributed by atoms with E-state index in [4.69, 9.17) is 17.3 Å². The molecule has 6 heteroatoms. The summed E-state index contributed by atoms with van der Waals surface area (Å²) in [5.74, 6) is 0.310. The number of benzene rings is 2. The van der Waals surface area contributed by atoms with Crippen LogP contribution in [0.3, 0.4) is 0 Å². The van der Waals surface area contributed by atoms with Gasteiger partial charge in [0.15, 0.2) is 5.82 Å². The van der Waals surface area contributed by atoms with Gasteiger partial charge in [-0.25, -0.2) is 9.07 Å². The van der Waals surface area contributed by atoms with Crippen LogP contribution >= 0.6 is 11.6 Å². The number of rotatable bonds is 3. The first-order chi connectivity index (χ1) is 10.1. The summed E-state index contributed by atoms with van der Waals surface area (Å²) < 4.78 is 14.6. The van der Waals surface area contributed by atoms with Gasteiger partial charge in [0.2, 0.25) is 5.28 Å². The van der Waals surface area contributed by atoms with E-state index in [2.05, 4.69) is 10.1 Å². The van der Waals surface area contributed by atoms with Gasteiger partial charge >= 0.3 is 0 Å². The van der Waals surface area contributed by atoms with Crippen molar-refractivity contribution in [3.05, 3.63) is 65.2 Å². The molecule has 0 saturated heterocycles. The molecule has 0 unspecified atom stereocenters. The molecule has 1 heterocycles. The van der Waals surface area contributed by atoms with Crippen LogP contribution in [-0.2, 0) is 6.54 Å². The van der Waals surface area contributed by atoms with Crippen LogP contribution < -0.4 is 5.73 Å². The van der Waals surface area contributed by atoms with Crippen LogP contribution in [0.4, 0.5) is 10.1 Å². The zero-order chi connectivity index (χ0) is 14.8. The van der Waals surface area contributed by atoms with Crippen molar-refractivity contribution in [3.63, 3.8) is 0 Å². The first kappa shape index (κ1) is 13.6. The van der Waals surface area contributed by atoms with Gasteiger partial charge in [0, 0.05) is 11.3 Å². The summed E-state index contributed by atoms with van der Waals surface area (Å²) in [7, 11) is 0. The lowest BCUT2D eigenvalue weighted by atomic mass is 10.1. The monoisotopic (exact) mass is 302 g/mol. The SMILES string of the molecule is Nc1ccccc1-c1nc(Cl)nn1Cc1ccc(F)cc1. The fourth-order valence-corrected chi connectivity index (χ4v) is 2.26. The van der Waals surface area contributed by atoms with E-state index < -0.39 is 0 Å². The Morgan fingerprint density at radius 2 is 1.81 bits per heavy atom. The molecule has 3 rings (SSSR count). The van der Waals surface area contributed by atoms with Crippen LogP contribution in [0.15, 0.2) is 48.5 Å². The lowest BCUT2D eigenvalue weighted by Crippen LogP contribution is -2.05. The first-order valence-electron chi connectivity index (χ1n) is 6.33. The number of hydrogen-bond donors (Lipinski definition) is 1. The molecule has 0 atom stereocenters. The summed E-state index contributed by atoms with van der Waals surface area (Å²) in [6.45, 7) is 0.434. The largest absolute Gasteiger partial charge is 0.398 e. The zero-order valence-corrected chi connectivity index (χ0v) is 11.8. The minimum absolute atomic E-state index is 0.148. The van der Waals surface area contributed by atoms with E-state index in [1.807, 2.05) is 18.2 Å². The maximum absolute atomic E-state index is 13.0. The highest BCUT2D eigenvalue weighted by molar-refractivity contribution is 6.28. The molecule has 0 saturated carbocycles. The summed E-state index contributed by atoms with van der Waals surface area (Å²) in [4.78, 5) is 4.22. The number of hydrogen-bond acceptors (Lipinski definition) is 3. The van der Waals surface area contributed by atoms with Crippen molar-refractivity contribution in [1.29, 1.82) is 0 Å². The second-order valence-electron chi connectivity index (χ2n) is 4.58. The fourth-order valence-electron chi connectivity index (χ4n) is 2.09. The molecule has 3 aromatic rings. The number of halogens is 2. The van der Waals surface area contributed by atoms with Crippen molar-refractivity contribution in [2.45, 2.75) is 6.54 Å². The van der Waals surface area contributed by atoms with E-state index in [9.17, 15) is 4.39 Å². The summed E-state index contributed by atoms with van der Waals surface area (Å²) in [6.07, 6.45) is 0. The molecule has 1 aromatic heterocycles. The summed E-state index contributed by atoms with van der Waals surface area (Å²) in [5.41, 5.74) is 8.23. The normalized spacial score (nSPS) is 10.8. The lowest BCUT2D eigenvalue weighted by molar-refractivity contribution is 0.624. The minimum Gasteiger partial charge on any atom is -0.398 e. The van der Waals surface area contributed by atoms with Gasteiger partial charge in [0.05, 0.1) is 6.54 Å². The Balaban J connectivity index is 2.00. The van der Waals surface area contributed by atoms with Gasteiger partial charge in [0.25, 0.3) is 0 Å². The van der Waals surface area contributed by atoms with Crippen molar-refractivity contribution >= 4 is 17.3 Å². The zero-order valence-electron chi connectivity index (χ0n) is 11.0. The molecule has 0 radical (unpaired) electrons. The van der Waals surface area contributed by atoms with Crippen LogP contribution in [-0.4, -0.2) is 14.8 Å². The van der Waals surface area contributed by atoms with Crippen molar-refractivity contribution in [3.8, 4) is 11.4 Å². The minimum atomic E-state index is -0.275.